The average molecular weight is 307 g/mol. The van der Waals surface area contributed by atoms with Crippen LogP contribution in [0, 0.1) is 17.2 Å². The van der Waals surface area contributed by atoms with Crippen LogP contribution in [0.25, 0.3) is 0 Å². The Labute approximate surface area is 118 Å². The second kappa shape index (κ2) is 5.75. The summed E-state index contributed by atoms with van der Waals surface area (Å²) in [6, 6.07) is 10.6. The molecular formula is C15H19BrN2. The predicted molar refractivity (Wildman–Crippen MR) is 78.4 cm³/mol. The fraction of sp³-hybridized carbons (Fsp3) is 0.533. The van der Waals surface area contributed by atoms with Crippen LogP contribution in [0.4, 0.5) is 5.69 Å². The van der Waals surface area contributed by atoms with Gasteiger partial charge in [-0.15, -0.1) is 0 Å². The number of nitrogens with one attached hydrogen (secondary N) is 1. The summed E-state index contributed by atoms with van der Waals surface area (Å²) >= 11 is 3.46. The van der Waals surface area contributed by atoms with Crippen LogP contribution in [-0.4, -0.2) is 5.54 Å². The summed E-state index contributed by atoms with van der Waals surface area (Å²) in [5, 5.41) is 12.9. The van der Waals surface area contributed by atoms with Crippen molar-refractivity contribution in [1.82, 2.24) is 0 Å². The lowest BCUT2D eigenvalue weighted by Gasteiger charge is -2.36. The van der Waals surface area contributed by atoms with Gasteiger partial charge in [0.2, 0.25) is 0 Å². The largest absolute Gasteiger partial charge is 0.367 e. The van der Waals surface area contributed by atoms with E-state index in [9.17, 15) is 5.26 Å². The lowest BCUT2D eigenvalue weighted by molar-refractivity contribution is 0.290. The number of anilines is 1. The zero-order chi connectivity index (χ0) is 13.0. The molecule has 3 heteroatoms. The first-order valence-corrected chi connectivity index (χ1v) is 7.42. The monoisotopic (exact) mass is 306 g/mol. The molecule has 2 rings (SSSR count). The van der Waals surface area contributed by atoms with Gasteiger partial charge in [0.1, 0.15) is 5.54 Å². The molecule has 0 bridgehead atoms. The Morgan fingerprint density at radius 1 is 1.44 bits per heavy atom. The zero-order valence-corrected chi connectivity index (χ0v) is 12.3. The minimum atomic E-state index is -0.369. The summed E-state index contributed by atoms with van der Waals surface area (Å²) in [5.74, 6) is 0.802. The molecule has 1 aliphatic rings. The molecule has 1 aromatic rings. The number of halogens is 1. The van der Waals surface area contributed by atoms with Gasteiger partial charge in [-0.2, -0.15) is 5.26 Å². The highest BCUT2D eigenvalue weighted by Gasteiger charge is 2.34. The second-order valence-electron chi connectivity index (χ2n) is 5.18. The molecular weight excluding hydrogens is 288 g/mol. The van der Waals surface area contributed by atoms with E-state index in [1.807, 2.05) is 24.3 Å². The van der Waals surface area contributed by atoms with Crippen molar-refractivity contribution in [2.45, 2.75) is 44.6 Å². The smallest absolute Gasteiger partial charge is 0.125 e. The highest BCUT2D eigenvalue weighted by Crippen LogP contribution is 2.36. The van der Waals surface area contributed by atoms with Crippen molar-refractivity contribution in [3.05, 3.63) is 28.7 Å². The number of rotatable bonds is 3. The molecule has 96 valence electrons. The summed E-state index contributed by atoms with van der Waals surface area (Å²) in [4.78, 5) is 0. The number of hydrogen-bond acceptors (Lipinski definition) is 2. The molecule has 0 unspecified atom stereocenters. The van der Waals surface area contributed by atoms with Crippen LogP contribution in [-0.2, 0) is 0 Å². The maximum atomic E-state index is 9.51. The maximum Gasteiger partial charge on any atom is 0.125 e. The zero-order valence-electron chi connectivity index (χ0n) is 10.7. The van der Waals surface area contributed by atoms with E-state index in [1.165, 1.54) is 6.42 Å². The molecule has 0 aliphatic heterocycles. The second-order valence-corrected chi connectivity index (χ2v) is 6.10. The average Bonchev–Trinajstić information content (AvgIpc) is 2.39. The van der Waals surface area contributed by atoms with Gasteiger partial charge in [0.15, 0.2) is 0 Å². The summed E-state index contributed by atoms with van der Waals surface area (Å²) in [7, 11) is 0. The highest BCUT2D eigenvalue weighted by atomic mass is 79.9. The third-order valence-electron chi connectivity index (χ3n) is 3.96. The Hall–Kier alpha value is -1.01. The SMILES string of the molecule is CCC1CCC(C#N)(Nc2cccc(Br)c2)CC1. The van der Waals surface area contributed by atoms with E-state index in [0.717, 1.165) is 41.8 Å². The van der Waals surface area contributed by atoms with Crippen LogP contribution in [0.5, 0.6) is 0 Å². The Kier molecular flexibility index (Phi) is 4.29. The number of nitriles is 1. The third-order valence-corrected chi connectivity index (χ3v) is 4.45. The predicted octanol–water partition coefficient (Wildman–Crippen LogP) is 4.72. The molecule has 0 radical (unpaired) electrons. The van der Waals surface area contributed by atoms with Crippen LogP contribution in [0.2, 0.25) is 0 Å². The van der Waals surface area contributed by atoms with Gasteiger partial charge in [-0.05, 0) is 49.8 Å². The van der Waals surface area contributed by atoms with E-state index in [0.29, 0.717) is 0 Å². The van der Waals surface area contributed by atoms with Gasteiger partial charge in [-0.1, -0.05) is 35.3 Å². The summed E-state index contributed by atoms with van der Waals surface area (Å²) in [5.41, 5.74) is 0.660. The molecule has 1 N–H and O–H groups in total. The lowest BCUT2D eigenvalue weighted by atomic mass is 9.76. The Bertz CT molecular complexity index is 442. The molecule has 0 spiro atoms. The first kappa shape index (κ1) is 13.4. The van der Waals surface area contributed by atoms with Gasteiger partial charge in [-0.25, -0.2) is 0 Å². The highest BCUT2D eigenvalue weighted by molar-refractivity contribution is 9.10. The van der Waals surface area contributed by atoms with E-state index < -0.39 is 0 Å². The molecule has 0 saturated heterocycles. The van der Waals surface area contributed by atoms with Crippen LogP contribution in [0.1, 0.15) is 39.0 Å². The van der Waals surface area contributed by atoms with Crippen molar-refractivity contribution in [2.24, 2.45) is 5.92 Å². The van der Waals surface area contributed by atoms with E-state index >= 15 is 0 Å². The van der Waals surface area contributed by atoms with Crippen LogP contribution in [0.3, 0.4) is 0 Å². The summed E-state index contributed by atoms with van der Waals surface area (Å²) < 4.78 is 1.04. The fourth-order valence-corrected chi connectivity index (χ4v) is 3.09. The molecule has 1 saturated carbocycles. The molecule has 1 aliphatic carbocycles. The van der Waals surface area contributed by atoms with E-state index in [2.05, 4.69) is 34.2 Å². The minimum Gasteiger partial charge on any atom is -0.367 e. The Morgan fingerprint density at radius 2 is 2.17 bits per heavy atom. The topological polar surface area (TPSA) is 35.8 Å². The van der Waals surface area contributed by atoms with Crippen molar-refractivity contribution in [3.8, 4) is 6.07 Å². The van der Waals surface area contributed by atoms with Gasteiger partial charge in [-0.3, -0.25) is 0 Å². The Morgan fingerprint density at radius 3 is 2.72 bits per heavy atom. The lowest BCUT2D eigenvalue weighted by Crippen LogP contribution is -2.40. The van der Waals surface area contributed by atoms with Gasteiger partial charge < -0.3 is 5.32 Å². The molecule has 2 nitrogen and oxygen atoms in total. The van der Waals surface area contributed by atoms with Crippen molar-refractivity contribution < 1.29 is 0 Å². The molecule has 1 fully saturated rings. The third kappa shape index (κ3) is 3.05. The number of hydrogen-bond donors (Lipinski definition) is 1. The summed E-state index contributed by atoms with van der Waals surface area (Å²) in [6.45, 7) is 2.24. The van der Waals surface area contributed by atoms with Crippen molar-refractivity contribution in [1.29, 1.82) is 5.26 Å². The van der Waals surface area contributed by atoms with Crippen molar-refractivity contribution in [2.75, 3.05) is 5.32 Å². The Balaban J connectivity index is 2.08. The minimum absolute atomic E-state index is 0.369. The molecule has 1 aromatic carbocycles. The van der Waals surface area contributed by atoms with E-state index in [4.69, 9.17) is 0 Å². The van der Waals surface area contributed by atoms with Gasteiger partial charge in [0, 0.05) is 10.2 Å². The van der Waals surface area contributed by atoms with Crippen molar-refractivity contribution in [3.63, 3.8) is 0 Å². The first-order chi connectivity index (χ1) is 8.67. The van der Waals surface area contributed by atoms with Crippen molar-refractivity contribution >= 4 is 21.6 Å². The summed E-state index contributed by atoms with van der Waals surface area (Å²) in [6.07, 6.45) is 5.46. The normalized spacial score (nSPS) is 27.5. The molecule has 0 aromatic heterocycles. The van der Waals surface area contributed by atoms with Gasteiger partial charge in [0.25, 0.3) is 0 Å². The van der Waals surface area contributed by atoms with Crippen LogP contribution in [0.15, 0.2) is 28.7 Å². The van der Waals surface area contributed by atoms with E-state index in [-0.39, 0.29) is 5.54 Å². The fourth-order valence-electron chi connectivity index (χ4n) is 2.69. The number of nitrogens with zero attached hydrogens (tertiary/aromatic N) is 1. The van der Waals surface area contributed by atoms with Gasteiger partial charge >= 0.3 is 0 Å². The molecule has 0 atom stereocenters. The number of benzene rings is 1. The molecule has 0 heterocycles. The molecule has 18 heavy (non-hydrogen) atoms. The first-order valence-electron chi connectivity index (χ1n) is 6.62. The van der Waals surface area contributed by atoms with E-state index in [1.54, 1.807) is 0 Å². The maximum absolute atomic E-state index is 9.51. The van der Waals surface area contributed by atoms with Crippen LogP contribution < -0.4 is 5.32 Å². The quantitative estimate of drug-likeness (QED) is 0.876. The van der Waals surface area contributed by atoms with Gasteiger partial charge in [0.05, 0.1) is 6.07 Å². The molecule has 0 amide bonds. The standard InChI is InChI=1S/C15H19BrN2/c1-2-12-6-8-15(11-17,9-7-12)18-14-5-3-4-13(16)10-14/h3-5,10,12,18H,2,6-9H2,1H3. The van der Waals surface area contributed by atoms with Crippen LogP contribution >= 0.6 is 15.9 Å².